The number of thiazole rings is 1. The molecular weight excluding hydrogens is 300 g/mol. The third-order valence-corrected chi connectivity index (χ3v) is 4.50. The third-order valence-electron chi connectivity index (χ3n) is 3.44. The second-order valence-corrected chi connectivity index (χ2v) is 6.96. The van der Waals surface area contributed by atoms with Gasteiger partial charge in [-0.1, -0.05) is 30.7 Å². The Hall–Kier alpha value is -0.900. The van der Waals surface area contributed by atoms with E-state index in [2.05, 4.69) is 41.7 Å². The Kier molecular flexibility index (Phi) is 6.68. The van der Waals surface area contributed by atoms with Gasteiger partial charge < -0.3 is 5.32 Å². The average Bonchev–Trinajstić information content (AvgIpc) is 2.84. The van der Waals surface area contributed by atoms with E-state index in [1.54, 1.807) is 11.3 Å². The van der Waals surface area contributed by atoms with Gasteiger partial charge in [-0.15, -0.1) is 11.3 Å². The van der Waals surface area contributed by atoms with Crippen LogP contribution < -0.4 is 5.32 Å². The smallest absolute Gasteiger partial charge is 0.0897 e. The highest BCUT2D eigenvalue weighted by Gasteiger charge is 2.12. The Morgan fingerprint density at radius 2 is 2.19 bits per heavy atom. The summed E-state index contributed by atoms with van der Waals surface area (Å²) in [7, 11) is 0. The van der Waals surface area contributed by atoms with Crippen LogP contribution in [0, 0.1) is 12.8 Å². The van der Waals surface area contributed by atoms with Gasteiger partial charge in [0.25, 0.3) is 0 Å². The molecule has 114 valence electrons. The van der Waals surface area contributed by atoms with Crippen LogP contribution in [0.4, 0.5) is 0 Å². The maximum atomic E-state index is 6.09. The van der Waals surface area contributed by atoms with Gasteiger partial charge >= 0.3 is 0 Å². The molecule has 1 N–H and O–H groups in total. The minimum Gasteiger partial charge on any atom is -0.316 e. The molecule has 1 aromatic heterocycles. The van der Waals surface area contributed by atoms with Crippen LogP contribution in [0.1, 0.15) is 29.6 Å². The average molecular weight is 323 g/mol. The van der Waals surface area contributed by atoms with Gasteiger partial charge in [-0.05, 0) is 62.9 Å². The summed E-state index contributed by atoms with van der Waals surface area (Å²) in [6.07, 6.45) is 3.22. The number of nitrogens with zero attached hydrogens (tertiary/aromatic N) is 1. The number of aryl methyl sites for hydroxylation is 1. The van der Waals surface area contributed by atoms with E-state index in [9.17, 15) is 0 Å². The number of rotatable bonds is 8. The van der Waals surface area contributed by atoms with E-state index in [0.29, 0.717) is 5.92 Å². The van der Waals surface area contributed by atoms with Gasteiger partial charge in [0.05, 0.1) is 10.7 Å². The molecule has 1 atom stereocenters. The monoisotopic (exact) mass is 322 g/mol. The molecule has 1 unspecified atom stereocenters. The molecule has 0 aliphatic carbocycles. The highest BCUT2D eigenvalue weighted by atomic mass is 35.5. The first-order chi connectivity index (χ1) is 10.2. The fraction of sp³-hybridized carbons (Fsp3) is 0.471. The number of hydrogen-bond donors (Lipinski definition) is 1. The summed E-state index contributed by atoms with van der Waals surface area (Å²) in [5.41, 5.74) is 2.51. The van der Waals surface area contributed by atoms with Crippen LogP contribution >= 0.6 is 22.9 Å². The maximum Gasteiger partial charge on any atom is 0.0897 e. The maximum absolute atomic E-state index is 6.09. The van der Waals surface area contributed by atoms with E-state index in [1.165, 1.54) is 17.7 Å². The van der Waals surface area contributed by atoms with Gasteiger partial charge in [0.1, 0.15) is 0 Å². The second kappa shape index (κ2) is 8.52. The Balaban J connectivity index is 2.00. The summed E-state index contributed by atoms with van der Waals surface area (Å²) in [5, 5.41) is 7.68. The minimum absolute atomic E-state index is 0.552. The third kappa shape index (κ3) is 5.77. The molecule has 0 aliphatic heterocycles. The van der Waals surface area contributed by atoms with Crippen molar-refractivity contribution in [2.75, 3.05) is 13.1 Å². The van der Waals surface area contributed by atoms with Gasteiger partial charge in [0, 0.05) is 10.4 Å². The van der Waals surface area contributed by atoms with Crippen LogP contribution in [0.2, 0.25) is 5.02 Å². The molecule has 0 radical (unpaired) electrons. The largest absolute Gasteiger partial charge is 0.316 e. The molecule has 0 fully saturated rings. The van der Waals surface area contributed by atoms with Crippen molar-refractivity contribution < 1.29 is 0 Å². The molecule has 1 aromatic carbocycles. The van der Waals surface area contributed by atoms with Crippen molar-refractivity contribution in [3.8, 4) is 0 Å². The minimum atomic E-state index is 0.552. The number of nitrogens with one attached hydrogen (secondary N) is 1. The van der Waals surface area contributed by atoms with E-state index in [4.69, 9.17) is 11.6 Å². The van der Waals surface area contributed by atoms with Gasteiger partial charge in [-0.2, -0.15) is 0 Å². The van der Waals surface area contributed by atoms with E-state index in [1.807, 2.05) is 12.1 Å². The second-order valence-electron chi connectivity index (χ2n) is 5.47. The van der Waals surface area contributed by atoms with Crippen molar-refractivity contribution in [3.05, 3.63) is 50.9 Å². The topological polar surface area (TPSA) is 24.9 Å². The van der Waals surface area contributed by atoms with E-state index >= 15 is 0 Å². The zero-order valence-electron chi connectivity index (χ0n) is 12.7. The molecule has 1 heterocycles. The van der Waals surface area contributed by atoms with Crippen LogP contribution in [0.15, 0.2) is 29.6 Å². The Morgan fingerprint density at radius 3 is 2.86 bits per heavy atom. The molecule has 0 spiro atoms. The zero-order valence-corrected chi connectivity index (χ0v) is 14.3. The van der Waals surface area contributed by atoms with Crippen molar-refractivity contribution in [1.29, 1.82) is 0 Å². The SMILES string of the molecule is CCCNCC(Cc1cccc(Cl)c1)Cc1csc(C)n1. The van der Waals surface area contributed by atoms with Gasteiger partial charge in [-0.25, -0.2) is 4.98 Å². The summed E-state index contributed by atoms with van der Waals surface area (Å²) >= 11 is 7.82. The lowest BCUT2D eigenvalue weighted by molar-refractivity contribution is 0.467. The highest BCUT2D eigenvalue weighted by Crippen LogP contribution is 2.18. The van der Waals surface area contributed by atoms with Crippen molar-refractivity contribution in [3.63, 3.8) is 0 Å². The van der Waals surface area contributed by atoms with Crippen LogP contribution in [0.5, 0.6) is 0 Å². The summed E-state index contributed by atoms with van der Waals surface area (Å²) in [6.45, 7) is 6.36. The van der Waals surface area contributed by atoms with Crippen molar-refractivity contribution in [1.82, 2.24) is 10.3 Å². The van der Waals surface area contributed by atoms with Gasteiger partial charge in [0.15, 0.2) is 0 Å². The molecule has 0 bridgehead atoms. The Bertz CT molecular complexity index is 553. The number of hydrogen-bond acceptors (Lipinski definition) is 3. The van der Waals surface area contributed by atoms with Crippen molar-refractivity contribution >= 4 is 22.9 Å². The lowest BCUT2D eigenvalue weighted by Crippen LogP contribution is -2.26. The zero-order chi connectivity index (χ0) is 15.1. The van der Waals surface area contributed by atoms with Crippen LogP contribution in [-0.4, -0.2) is 18.1 Å². The summed E-state index contributed by atoms with van der Waals surface area (Å²) in [6, 6.07) is 8.19. The molecule has 4 heteroatoms. The van der Waals surface area contributed by atoms with Crippen molar-refractivity contribution in [2.24, 2.45) is 5.92 Å². The van der Waals surface area contributed by atoms with Crippen molar-refractivity contribution in [2.45, 2.75) is 33.1 Å². The fourth-order valence-electron chi connectivity index (χ4n) is 2.49. The molecule has 0 aliphatic rings. The Morgan fingerprint density at radius 1 is 1.33 bits per heavy atom. The number of halogens is 1. The molecule has 0 saturated heterocycles. The van der Waals surface area contributed by atoms with Crippen LogP contribution in [0.25, 0.3) is 0 Å². The molecule has 0 amide bonds. The molecule has 2 nitrogen and oxygen atoms in total. The molecular formula is C17H23ClN2S. The van der Waals surface area contributed by atoms with Crippen LogP contribution in [0.3, 0.4) is 0 Å². The van der Waals surface area contributed by atoms with E-state index in [0.717, 1.165) is 36.0 Å². The summed E-state index contributed by atoms with van der Waals surface area (Å²) in [5.74, 6) is 0.552. The van der Waals surface area contributed by atoms with Gasteiger partial charge in [-0.3, -0.25) is 0 Å². The first-order valence-electron chi connectivity index (χ1n) is 7.53. The summed E-state index contributed by atoms with van der Waals surface area (Å²) < 4.78 is 0. The van der Waals surface area contributed by atoms with Crippen LogP contribution in [-0.2, 0) is 12.8 Å². The molecule has 0 saturated carbocycles. The molecule has 2 rings (SSSR count). The normalized spacial score (nSPS) is 12.5. The quantitative estimate of drug-likeness (QED) is 0.723. The first-order valence-corrected chi connectivity index (χ1v) is 8.79. The lowest BCUT2D eigenvalue weighted by atomic mass is 9.95. The van der Waals surface area contributed by atoms with E-state index in [-0.39, 0.29) is 0 Å². The molecule has 2 aromatic rings. The summed E-state index contributed by atoms with van der Waals surface area (Å²) in [4.78, 5) is 4.60. The predicted molar refractivity (Wildman–Crippen MR) is 92.4 cm³/mol. The fourth-order valence-corrected chi connectivity index (χ4v) is 3.33. The number of aromatic nitrogens is 1. The first kappa shape index (κ1) is 16.5. The lowest BCUT2D eigenvalue weighted by Gasteiger charge is -2.17. The Labute approximate surface area is 136 Å². The van der Waals surface area contributed by atoms with E-state index < -0.39 is 0 Å². The molecule has 21 heavy (non-hydrogen) atoms. The number of benzene rings is 1. The highest BCUT2D eigenvalue weighted by molar-refractivity contribution is 7.09. The standard InChI is InChI=1S/C17H23ClN2S/c1-3-7-19-11-15(10-17-12-21-13(2)20-17)8-14-5-4-6-16(18)9-14/h4-6,9,12,15,19H,3,7-8,10-11H2,1-2H3. The van der Waals surface area contributed by atoms with Gasteiger partial charge in [0.2, 0.25) is 0 Å². The predicted octanol–water partition coefficient (Wildman–Crippen LogP) is 4.51.